The molecule has 1 aliphatic carbocycles. The number of benzene rings is 1. The average Bonchev–Trinajstić information content (AvgIpc) is 3.37. The predicted octanol–water partition coefficient (Wildman–Crippen LogP) is -0.370. The zero-order valence-electron chi connectivity index (χ0n) is 22.1. The largest absolute Gasteiger partial charge is 0.484 e. The van der Waals surface area contributed by atoms with E-state index >= 15 is 0 Å². The summed E-state index contributed by atoms with van der Waals surface area (Å²) in [5.41, 5.74) is 0.0132. The van der Waals surface area contributed by atoms with Crippen LogP contribution in [0, 0.1) is 18.8 Å². The van der Waals surface area contributed by atoms with Crippen LogP contribution in [0.3, 0.4) is 0 Å². The zero-order valence-corrected chi connectivity index (χ0v) is 22.1. The van der Waals surface area contributed by atoms with Crippen LogP contribution in [0.25, 0.3) is 11.0 Å². The van der Waals surface area contributed by atoms with E-state index in [4.69, 9.17) is 24.0 Å². The van der Waals surface area contributed by atoms with Crippen molar-refractivity contribution in [3.8, 4) is 5.75 Å². The molecule has 12 nitrogen and oxygen atoms in total. The first-order valence-corrected chi connectivity index (χ1v) is 13.4. The molecule has 40 heavy (non-hydrogen) atoms. The molecule has 1 amide bonds. The van der Waals surface area contributed by atoms with Gasteiger partial charge in [-0.2, -0.15) is 0 Å². The van der Waals surface area contributed by atoms with E-state index in [1.165, 1.54) is 6.07 Å². The Bertz CT molecular complexity index is 1330. The predicted molar refractivity (Wildman–Crippen MR) is 139 cm³/mol. The Kier molecular flexibility index (Phi) is 8.30. The molecule has 1 aromatic carbocycles. The van der Waals surface area contributed by atoms with Gasteiger partial charge in [-0.3, -0.25) is 9.59 Å². The van der Waals surface area contributed by atoms with Gasteiger partial charge in [0.15, 0.2) is 5.43 Å². The van der Waals surface area contributed by atoms with Gasteiger partial charge in [0.2, 0.25) is 5.91 Å². The van der Waals surface area contributed by atoms with Crippen molar-refractivity contribution in [1.82, 2.24) is 5.32 Å². The van der Waals surface area contributed by atoms with Gasteiger partial charge in [-0.15, -0.1) is 0 Å². The summed E-state index contributed by atoms with van der Waals surface area (Å²) in [5.74, 6) is 1.13. The lowest BCUT2D eigenvalue weighted by molar-refractivity contribution is -0.363. The van der Waals surface area contributed by atoms with Crippen molar-refractivity contribution in [3.63, 3.8) is 0 Å². The molecule has 5 rings (SSSR count). The SMILES string of the molecule is Cc1cc(=O)c2cc3c(cc2o1)O[C@]1(CC=C[C@@H]([C@H]2CNC(=O)C2)C1)[C@H](OOC[C@H](O)[C@@H](O)[C@H](O)[C@H](O)CO)C3. The van der Waals surface area contributed by atoms with Gasteiger partial charge in [0.25, 0.3) is 0 Å². The van der Waals surface area contributed by atoms with E-state index in [1.807, 2.05) is 6.08 Å². The Labute approximate surface area is 229 Å². The summed E-state index contributed by atoms with van der Waals surface area (Å²) in [6.07, 6.45) is -1.81. The molecule has 2 aromatic rings. The Morgan fingerprint density at radius 2 is 1.88 bits per heavy atom. The minimum atomic E-state index is -1.80. The van der Waals surface area contributed by atoms with Gasteiger partial charge in [-0.25, -0.2) is 9.78 Å². The van der Waals surface area contributed by atoms with Crippen molar-refractivity contribution >= 4 is 16.9 Å². The highest BCUT2D eigenvalue weighted by molar-refractivity contribution is 5.80. The van der Waals surface area contributed by atoms with Gasteiger partial charge in [-0.1, -0.05) is 12.2 Å². The maximum absolute atomic E-state index is 12.6. The first kappa shape index (κ1) is 28.7. The lowest BCUT2D eigenvalue weighted by atomic mass is 9.71. The fourth-order valence-corrected chi connectivity index (χ4v) is 5.84. The van der Waals surface area contributed by atoms with Gasteiger partial charge in [0.1, 0.15) is 59.8 Å². The molecule has 6 N–H and O–H groups in total. The number of hydrogen-bond acceptors (Lipinski definition) is 11. The standard InChI is InChI=1S/C28H35NO11/c1-14-5-19(31)18-6-16-7-24(40-37-13-21(33)27(36)26(35)20(32)12-30)28(39-22(16)9-23(18)38-14)4-2-3-15(10-28)17-8-25(34)29-11-17/h2-3,5-6,9,15,17,20-21,24,26-27,30,32-33,35-36H,4,7-8,10-13H2,1H3,(H,29,34)/t15-,17-,20-,21+,24-,26-,27-,28+/m1/s1. The molecule has 12 heteroatoms. The molecule has 1 spiro atoms. The van der Waals surface area contributed by atoms with Gasteiger partial charge in [0, 0.05) is 37.9 Å². The maximum Gasteiger partial charge on any atom is 0.220 e. The van der Waals surface area contributed by atoms with Crippen LogP contribution in [0.4, 0.5) is 0 Å². The van der Waals surface area contributed by atoms with Crippen LogP contribution in [-0.2, 0) is 21.0 Å². The third-order valence-electron chi connectivity index (χ3n) is 8.13. The Morgan fingerprint density at radius 3 is 2.60 bits per heavy atom. The highest BCUT2D eigenvalue weighted by Crippen LogP contribution is 2.46. The van der Waals surface area contributed by atoms with E-state index in [0.29, 0.717) is 60.3 Å². The zero-order chi connectivity index (χ0) is 28.6. The number of carbonyl (C=O) groups excluding carboxylic acids is 1. The van der Waals surface area contributed by atoms with Crippen molar-refractivity contribution in [3.05, 3.63) is 51.9 Å². The number of aliphatic hydroxyl groups excluding tert-OH is 5. The second kappa shape index (κ2) is 11.6. The summed E-state index contributed by atoms with van der Waals surface area (Å²) in [6, 6.07) is 4.83. The van der Waals surface area contributed by atoms with Crippen molar-refractivity contribution in [1.29, 1.82) is 0 Å². The van der Waals surface area contributed by atoms with Crippen LogP contribution in [0.5, 0.6) is 5.75 Å². The average molecular weight is 562 g/mol. The first-order chi connectivity index (χ1) is 19.1. The van der Waals surface area contributed by atoms with Gasteiger partial charge in [-0.05, 0) is 36.8 Å². The Hall–Kier alpha value is -2.84. The number of hydrogen-bond donors (Lipinski definition) is 6. The minimum Gasteiger partial charge on any atom is -0.484 e. The molecular weight excluding hydrogens is 526 g/mol. The second-order valence-corrected chi connectivity index (χ2v) is 11.0. The summed E-state index contributed by atoms with van der Waals surface area (Å²) < 4.78 is 12.4. The van der Waals surface area contributed by atoms with E-state index < -0.39 is 49.3 Å². The number of aryl methyl sites for hydroxylation is 1. The summed E-state index contributed by atoms with van der Waals surface area (Å²) in [5, 5.41) is 52.1. The number of allylic oxidation sites excluding steroid dienone is 1. The number of aliphatic hydroxyl groups is 5. The molecule has 2 aliphatic heterocycles. The summed E-state index contributed by atoms with van der Waals surface area (Å²) >= 11 is 0. The monoisotopic (exact) mass is 561 g/mol. The van der Waals surface area contributed by atoms with Crippen molar-refractivity contribution < 1.29 is 49.3 Å². The molecule has 0 radical (unpaired) electrons. The number of fused-ring (bicyclic) bond motifs is 2. The van der Waals surface area contributed by atoms with Crippen LogP contribution < -0.4 is 15.5 Å². The third-order valence-corrected chi connectivity index (χ3v) is 8.13. The highest BCUT2D eigenvalue weighted by atomic mass is 17.2. The van der Waals surface area contributed by atoms with Crippen LogP contribution in [0.15, 0.2) is 39.6 Å². The number of amides is 1. The molecule has 1 fully saturated rings. The summed E-state index contributed by atoms with van der Waals surface area (Å²) in [4.78, 5) is 35.7. The smallest absolute Gasteiger partial charge is 0.220 e. The second-order valence-electron chi connectivity index (χ2n) is 11.0. The maximum atomic E-state index is 12.6. The highest BCUT2D eigenvalue weighted by Gasteiger charge is 2.50. The number of rotatable bonds is 9. The van der Waals surface area contributed by atoms with E-state index in [2.05, 4.69) is 11.4 Å². The lowest BCUT2D eigenvalue weighted by Crippen LogP contribution is -2.55. The van der Waals surface area contributed by atoms with Crippen LogP contribution in [0.2, 0.25) is 0 Å². The Morgan fingerprint density at radius 1 is 1.10 bits per heavy atom. The van der Waals surface area contributed by atoms with Crippen LogP contribution in [-0.4, -0.2) is 87.3 Å². The minimum absolute atomic E-state index is 0.00184. The molecule has 0 unspecified atom stereocenters. The van der Waals surface area contributed by atoms with Gasteiger partial charge in [0.05, 0.1) is 12.0 Å². The summed E-state index contributed by atoms with van der Waals surface area (Å²) in [6.45, 7) is 0.916. The first-order valence-electron chi connectivity index (χ1n) is 13.4. The lowest BCUT2D eigenvalue weighted by Gasteiger charge is -2.47. The molecule has 0 saturated carbocycles. The topological polar surface area (TPSA) is 188 Å². The van der Waals surface area contributed by atoms with Gasteiger partial charge >= 0.3 is 0 Å². The van der Waals surface area contributed by atoms with Crippen molar-refractivity contribution in [2.45, 2.75) is 68.7 Å². The number of nitrogens with one attached hydrogen (secondary N) is 1. The fourth-order valence-electron chi connectivity index (χ4n) is 5.84. The molecule has 3 heterocycles. The van der Waals surface area contributed by atoms with Crippen molar-refractivity contribution in [2.75, 3.05) is 19.8 Å². The van der Waals surface area contributed by atoms with Crippen LogP contribution >= 0.6 is 0 Å². The third kappa shape index (κ3) is 5.66. The molecule has 3 aliphatic rings. The quantitative estimate of drug-likeness (QED) is 0.133. The molecule has 0 bridgehead atoms. The Balaban J connectivity index is 1.39. The molecule has 1 aromatic heterocycles. The van der Waals surface area contributed by atoms with E-state index in [9.17, 15) is 30.0 Å². The van der Waals surface area contributed by atoms with E-state index in [1.54, 1.807) is 19.1 Å². The van der Waals surface area contributed by atoms with E-state index in [0.717, 1.165) is 0 Å². The molecular formula is C28H35NO11. The molecule has 8 atom stereocenters. The number of ether oxygens (including phenoxy) is 1. The summed E-state index contributed by atoms with van der Waals surface area (Å²) in [7, 11) is 0. The van der Waals surface area contributed by atoms with Crippen LogP contribution in [0.1, 0.15) is 30.6 Å². The fraction of sp³-hybridized carbons (Fsp3) is 0.571. The molecule has 218 valence electrons. The number of carbonyl (C=O) groups is 1. The normalized spacial score (nSPS) is 29.1. The van der Waals surface area contributed by atoms with E-state index in [-0.39, 0.29) is 23.2 Å². The molecule has 1 saturated heterocycles. The van der Waals surface area contributed by atoms with Gasteiger partial charge < -0.3 is 40.0 Å². The van der Waals surface area contributed by atoms with Crippen molar-refractivity contribution in [2.24, 2.45) is 11.8 Å².